The molecule has 0 bridgehead atoms. The van der Waals surface area contributed by atoms with Gasteiger partial charge in [0.25, 0.3) is 0 Å². The van der Waals surface area contributed by atoms with E-state index >= 15 is 0 Å². The molecule has 0 amide bonds. The van der Waals surface area contributed by atoms with Crippen LogP contribution in [0.1, 0.15) is 37.7 Å². The maximum atomic E-state index is 13.0. The van der Waals surface area contributed by atoms with E-state index in [1.54, 1.807) is 0 Å². The first-order valence-electron chi connectivity index (χ1n) is 6.99. The van der Waals surface area contributed by atoms with E-state index in [-0.39, 0.29) is 12.8 Å². The Hall–Kier alpha value is -0.190. The van der Waals surface area contributed by atoms with Crippen LogP contribution in [0, 0.1) is 5.92 Å². The lowest BCUT2D eigenvalue weighted by Crippen LogP contribution is -2.26. The Balaban J connectivity index is 1.67. The van der Waals surface area contributed by atoms with Crippen molar-refractivity contribution in [3.8, 4) is 0 Å². The zero-order chi connectivity index (χ0) is 14.6. The Bertz CT molecular complexity index is 443. The summed E-state index contributed by atoms with van der Waals surface area (Å²) in [4.78, 5) is 0. The molecule has 1 aliphatic carbocycles. The minimum atomic E-state index is -2.42. The zero-order valence-corrected chi connectivity index (χ0v) is 13.6. The molecule has 5 heteroatoms. The molecule has 1 aliphatic rings. The monoisotopic (exact) mass is 365 g/mol. The molecule has 1 saturated carbocycles. The van der Waals surface area contributed by atoms with Crippen LogP contribution in [0.4, 0.5) is 8.78 Å². The van der Waals surface area contributed by atoms with Crippen LogP contribution in [0.2, 0.25) is 5.02 Å². The number of rotatable bonds is 5. The normalized spacial score (nSPS) is 19.2. The third kappa shape index (κ3) is 4.97. The van der Waals surface area contributed by atoms with E-state index in [4.69, 9.17) is 11.6 Å². The lowest BCUT2D eigenvalue weighted by Gasteiger charge is -2.28. The van der Waals surface area contributed by atoms with Crippen LogP contribution in [0.3, 0.4) is 0 Å². The summed E-state index contributed by atoms with van der Waals surface area (Å²) in [6.07, 6.45) is 2.36. The van der Waals surface area contributed by atoms with E-state index < -0.39 is 5.92 Å². The van der Waals surface area contributed by atoms with Gasteiger partial charge in [0.15, 0.2) is 0 Å². The molecule has 0 aliphatic heterocycles. The highest BCUT2D eigenvalue weighted by atomic mass is 79.9. The third-order valence-corrected chi connectivity index (χ3v) is 4.74. The molecule has 1 aromatic rings. The molecule has 1 N–H and O–H groups in total. The topological polar surface area (TPSA) is 12.0 Å². The van der Waals surface area contributed by atoms with Crippen LogP contribution in [0.25, 0.3) is 0 Å². The summed E-state index contributed by atoms with van der Waals surface area (Å²) in [6, 6.07) is 5.83. The fraction of sp³-hybridized carbons (Fsp3) is 0.600. The van der Waals surface area contributed by atoms with Crippen molar-refractivity contribution >= 4 is 27.5 Å². The quantitative estimate of drug-likeness (QED) is 0.687. The first kappa shape index (κ1) is 16.2. The van der Waals surface area contributed by atoms with Gasteiger partial charge in [0, 0.05) is 28.9 Å². The molecule has 0 heterocycles. The fourth-order valence-corrected chi connectivity index (χ4v) is 3.32. The minimum absolute atomic E-state index is 0.0518. The van der Waals surface area contributed by atoms with Crippen molar-refractivity contribution in [3.05, 3.63) is 33.3 Å². The summed E-state index contributed by atoms with van der Waals surface area (Å²) < 4.78 is 27.0. The van der Waals surface area contributed by atoms with E-state index in [1.807, 2.05) is 18.2 Å². The van der Waals surface area contributed by atoms with E-state index in [0.29, 0.717) is 18.8 Å². The Kier molecular flexibility index (Phi) is 5.82. The van der Waals surface area contributed by atoms with Crippen molar-refractivity contribution < 1.29 is 8.78 Å². The molecule has 1 aromatic carbocycles. The van der Waals surface area contributed by atoms with Crippen molar-refractivity contribution in [3.63, 3.8) is 0 Å². The Labute approximate surface area is 132 Å². The molecule has 0 aromatic heterocycles. The number of halogens is 4. The highest BCUT2D eigenvalue weighted by Crippen LogP contribution is 2.37. The van der Waals surface area contributed by atoms with Gasteiger partial charge in [-0.25, -0.2) is 8.78 Å². The van der Waals surface area contributed by atoms with Crippen molar-refractivity contribution in [2.45, 2.75) is 44.6 Å². The van der Waals surface area contributed by atoms with E-state index in [1.165, 1.54) is 0 Å². The number of benzene rings is 1. The maximum absolute atomic E-state index is 13.0. The average Bonchev–Trinajstić information content (AvgIpc) is 2.38. The lowest BCUT2D eigenvalue weighted by atomic mass is 9.85. The van der Waals surface area contributed by atoms with Gasteiger partial charge in [-0.2, -0.15) is 0 Å². The van der Waals surface area contributed by atoms with Crippen LogP contribution in [0.15, 0.2) is 22.7 Å². The summed E-state index contributed by atoms with van der Waals surface area (Å²) >= 11 is 9.51. The van der Waals surface area contributed by atoms with Gasteiger partial charge in [-0.3, -0.25) is 0 Å². The summed E-state index contributed by atoms with van der Waals surface area (Å²) in [5.74, 6) is -1.99. The molecule has 0 unspecified atom stereocenters. The van der Waals surface area contributed by atoms with Gasteiger partial charge in [-0.15, -0.1) is 0 Å². The van der Waals surface area contributed by atoms with E-state index in [9.17, 15) is 8.78 Å². The van der Waals surface area contributed by atoms with Gasteiger partial charge in [0.2, 0.25) is 5.92 Å². The molecular formula is C15H19BrClF2N. The molecule has 0 spiro atoms. The van der Waals surface area contributed by atoms with Crippen LogP contribution in [-0.2, 0) is 6.54 Å². The minimum Gasteiger partial charge on any atom is -0.313 e. The Morgan fingerprint density at radius 1 is 1.30 bits per heavy atom. The average molecular weight is 367 g/mol. The number of nitrogens with one attached hydrogen (secondary N) is 1. The van der Waals surface area contributed by atoms with Gasteiger partial charge in [-0.1, -0.05) is 33.6 Å². The van der Waals surface area contributed by atoms with Gasteiger partial charge in [0.1, 0.15) is 0 Å². The second-order valence-corrected chi connectivity index (χ2v) is 6.82. The van der Waals surface area contributed by atoms with Crippen molar-refractivity contribution in [2.24, 2.45) is 5.92 Å². The van der Waals surface area contributed by atoms with Gasteiger partial charge < -0.3 is 5.32 Å². The Morgan fingerprint density at radius 2 is 2.00 bits per heavy atom. The molecule has 1 fully saturated rings. The molecule has 0 saturated heterocycles. The van der Waals surface area contributed by atoms with Crippen molar-refractivity contribution in [1.29, 1.82) is 0 Å². The summed E-state index contributed by atoms with van der Waals surface area (Å²) in [6.45, 7) is 1.57. The number of alkyl halides is 2. The van der Waals surface area contributed by atoms with Crippen LogP contribution < -0.4 is 5.32 Å². The van der Waals surface area contributed by atoms with E-state index in [2.05, 4.69) is 21.2 Å². The van der Waals surface area contributed by atoms with Crippen molar-refractivity contribution in [1.82, 2.24) is 5.32 Å². The molecule has 0 radical (unpaired) electrons. The van der Waals surface area contributed by atoms with Crippen LogP contribution >= 0.6 is 27.5 Å². The summed E-state index contributed by atoms with van der Waals surface area (Å²) in [5.41, 5.74) is 1.06. The van der Waals surface area contributed by atoms with Crippen LogP contribution in [0.5, 0.6) is 0 Å². The summed E-state index contributed by atoms with van der Waals surface area (Å²) in [7, 11) is 0. The molecule has 20 heavy (non-hydrogen) atoms. The largest absolute Gasteiger partial charge is 0.313 e. The molecule has 0 atom stereocenters. The van der Waals surface area contributed by atoms with Gasteiger partial charge >= 0.3 is 0 Å². The molecule has 2 rings (SSSR count). The standard InChI is InChI=1S/C15H19BrClF2N/c16-13-2-1-12(14(17)9-13)10-20-8-5-11-3-6-15(18,19)7-4-11/h1-2,9,11,20H,3-8,10H2. The summed E-state index contributed by atoms with van der Waals surface area (Å²) in [5, 5.41) is 4.08. The molecular weight excluding hydrogens is 348 g/mol. The smallest absolute Gasteiger partial charge is 0.248 e. The van der Waals surface area contributed by atoms with Gasteiger partial charge in [-0.05, 0) is 49.4 Å². The maximum Gasteiger partial charge on any atom is 0.248 e. The highest BCUT2D eigenvalue weighted by Gasteiger charge is 2.34. The molecule has 112 valence electrons. The SMILES string of the molecule is FC1(F)CCC(CCNCc2ccc(Br)cc2Cl)CC1. The fourth-order valence-electron chi connectivity index (χ4n) is 2.58. The van der Waals surface area contributed by atoms with Crippen LogP contribution in [-0.4, -0.2) is 12.5 Å². The van der Waals surface area contributed by atoms with Crippen molar-refractivity contribution in [2.75, 3.05) is 6.54 Å². The zero-order valence-electron chi connectivity index (χ0n) is 11.3. The lowest BCUT2D eigenvalue weighted by molar-refractivity contribution is -0.0464. The highest BCUT2D eigenvalue weighted by molar-refractivity contribution is 9.10. The second kappa shape index (κ2) is 7.19. The van der Waals surface area contributed by atoms with Gasteiger partial charge in [0.05, 0.1) is 0 Å². The first-order valence-corrected chi connectivity index (χ1v) is 8.16. The third-order valence-electron chi connectivity index (χ3n) is 3.90. The Morgan fingerprint density at radius 3 is 2.65 bits per heavy atom. The second-order valence-electron chi connectivity index (χ2n) is 5.50. The van der Waals surface area contributed by atoms with E-state index in [0.717, 1.165) is 34.6 Å². The predicted octanol–water partition coefficient (Wildman–Crippen LogP) is 5.41. The predicted molar refractivity (Wildman–Crippen MR) is 82.4 cm³/mol. The molecule has 1 nitrogen and oxygen atoms in total. The number of hydrogen-bond acceptors (Lipinski definition) is 1. The first-order chi connectivity index (χ1) is 9.46. The number of hydrogen-bond donors (Lipinski definition) is 1.